The Balaban J connectivity index is 2.63. The lowest BCUT2D eigenvalue weighted by Crippen LogP contribution is -2.37. The number of rotatable bonds is 2. The van der Waals surface area contributed by atoms with E-state index in [1.165, 1.54) is 0 Å². The van der Waals surface area contributed by atoms with Crippen molar-refractivity contribution in [2.24, 2.45) is 5.41 Å². The summed E-state index contributed by atoms with van der Waals surface area (Å²) in [6.45, 7) is 0. The summed E-state index contributed by atoms with van der Waals surface area (Å²) in [5.74, 6) is 0. The normalized spacial score (nSPS) is 22.4. The van der Waals surface area contributed by atoms with Crippen molar-refractivity contribution in [2.45, 2.75) is 31.1 Å². The first-order chi connectivity index (χ1) is 5.16. The molecule has 0 spiro atoms. The van der Waals surface area contributed by atoms with Crippen LogP contribution >= 0.6 is 0 Å². The number of hydrogen-bond donors (Lipinski definition) is 2. The second kappa shape index (κ2) is 2.39. The van der Waals surface area contributed by atoms with Crippen LogP contribution in [0.1, 0.15) is 19.3 Å². The lowest BCUT2D eigenvalue weighted by atomic mass is 9.83. The Bertz CT molecular complexity index is 180. The van der Waals surface area contributed by atoms with Crippen molar-refractivity contribution in [2.75, 3.05) is 0 Å². The highest BCUT2D eigenvalue weighted by Crippen LogP contribution is 2.61. The minimum atomic E-state index is -4.31. The minimum Gasteiger partial charge on any atom is -0.374 e. The molecule has 0 radical (unpaired) electrons. The van der Waals surface area contributed by atoms with E-state index in [4.69, 9.17) is 10.2 Å². The SMILES string of the molecule is BC(O)(O)CC1(C(F)(F)F)CC1. The largest absolute Gasteiger partial charge is 0.394 e. The van der Waals surface area contributed by atoms with E-state index in [2.05, 4.69) is 0 Å². The fourth-order valence-corrected chi connectivity index (χ4v) is 1.35. The minimum absolute atomic E-state index is 0.00715. The maximum atomic E-state index is 12.2. The summed E-state index contributed by atoms with van der Waals surface area (Å²) in [5.41, 5.74) is -4.04. The van der Waals surface area contributed by atoms with Crippen molar-refractivity contribution in [1.82, 2.24) is 0 Å². The predicted octanol–water partition coefficient (Wildman–Crippen LogP) is -0.00950. The molecular formula is C6H10BF3O2. The van der Waals surface area contributed by atoms with E-state index < -0.39 is 23.7 Å². The van der Waals surface area contributed by atoms with E-state index >= 15 is 0 Å². The van der Waals surface area contributed by atoms with Gasteiger partial charge in [-0.2, -0.15) is 13.2 Å². The summed E-state index contributed by atoms with van der Waals surface area (Å²) in [5, 5.41) is 17.6. The van der Waals surface area contributed by atoms with Gasteiger partial charge in [0.15, 0.2) is 7.85 Å². The van der Waals surface area contributed by atoms with E-state index in [0.29, 0.717) is 0 Å². The molecular weight excluding hydrogens is 172 g/mol. The number of halogens is 3. The van der Waals surface area contributed by atoms with Crippen molar-refractivity contribution in [3.63, 3.8) is 0 Å². The zero-order chi connectivity index (χ0) is 9.62. The molecule has 70 valence electrons. The molecule has 0 aromatic rings. The van der Waals surface area contributed by atoms with Gasteiger partial charge in [-0.25, -0.2) is 0 Å². The molecule has 0 saturated heterocycles. The topological polar surface area (TPSA) is 40.5 Å². The molecule has 1 aliphatic rings. The maximum Gasteiger partial charge on any atom is 0.394 e. The zero-order valence-corrected chi connectivity index (χ0v) is 6.65. The first-order valence-corrected chi connectivity index (χ1v) is 3.68. The van der Waals surface area contributed by atoms with Gasteiger partial charge in [0, 0.05) is 6.42 Å². The molecule has 0 atom stereocenters. The van der Waals surface area contributed by atoms with Gasteiger partial charge >= 0.3 is 6.18 Å². The van der Waals surface area contributed by atoms with Gasteiger partial charge in [-0.1, -0.05) is 0 Å². The molecule has 0 aromatic carbocycles. The van der Waals surface area contributed by atoms with Gasteiger partial charge in [0.1, 0.15) is 5.69 Å². The maximum absolute atomic E-state index is 12.2. The molecule has 2 nitrogen and oxygen atoms in total. The quantitative estimate of drug-likeness (QED) is 0.465. The number of hydrogen-bond acceptors (Lipinski definition) is 2. The first-order valence-electron chi connectivity index (χ1n) is 3.68. The smallest absolute Gasteiger partial charge is 0.374 e. The molecule has 2 N–H and O–H groups in total. The van der Waals surface area contributed by atoms with Crippen LogP contribution in [0.4, 0.5) is 13.2 Å². The van der Waals surface area contributed by atoms with Crippen LogP contribution in [0.3, 0.4) is 0 Å². The molecule has 0 amide bonds. The highest BCUT2D eigenvalue weighted by atomic mass is 19.4. The average molecular weight is 182 g/mol. The van der Waals surface area contributed by atoms with E-state index in [1.54, 1.807) is 0 Å². The average Bonchev–Trinajstić information content (AvgIpc) is 2.39. The zero-order valence-electron chi connectivity index (χ0n) is 6.65. The molecule has 6 heteroatoms. The lowest BCUT2D eigenvalue weighted by molar-refractivity contribution is -0.215. The molecule has 1 saturated carbocycles. The Labute approximate surface area is 68.8 Å². The van der Waals surface area contributed by atoms with Crippen LogP contribution in [-0.2, 0) is 0 Å². The molecule has 1 fully saturated rings. The summed E-state index contributed by atoms with van der Waals surface area (Å²) in [6, 6.07) is 0. The van der Waals surface area contributed by atoms with Gasteiger partial charge < -0.3 is 10.2 Å². The van der Waals surface area contributed by atoms with E-state index in [1.807, 2.05) is 0 Å². The third kappa shape index (κ3) is 1.92. The van der Waals surface area contributed by atoms with E-state index in [9.17, 15) is 13.2 Å². The molecule has 1 aliphatic carbocycles. The molecule has 0 heterocycles. The Morgan fingerprint density at radius 2 is 1.67 bits per heavy atom. The molecule has 1 rings (SSSR count). The number of aliphatic hydroxyl groups is 2. The van der Waals surface area contributed by atoms with E-state index in [-0.39, 0.29) is 12.8 Å². The monoisotopic (exact) mass is 182 g/mol. The Morgan fingerprint density at radius 1 is 1.25 bits per heavy atom. The number of alkyl halides is 3. The standard InChI is InChI=1S/C6H10BF3O2/c7-5(11,12)3-4(1-2-4)6(8,9)10/h11-12H,1-3,7H2. The predicted molar refractivity (Wildman–Crippen MR) is 38.1 cm³/mol. The highest BCUT2D eigenvalue weighted by molar-refractivity contribution is 6.12. The van der Waals surface area contributed by atoms with Gasteiger partial charge in [-0.15, -0.1) is 0 Å². The van der Waals surface area contributed by atoms with Crippen molar-refractivity contribution >= 4 is 7.85 Å². The summed E-state index contributed by atoms with van der Waals surface area (Å²) in [7, 11) is 0.971. The Hall–Kier alpha value is -0.225. The van der Waals surface area contributed by atoms with Crippen LogP contribution in [-0.4, -0.2) is 29.9 Å². The fourth-order valence-electron chi connectivity index (χ4n) is 1.35. The summed E-state index contributed by atoms with van der Waals surface area (Å²) < 4.78 is 36.6. The summed E-state index contributed by atoms with van der Waals surface area (Å²) >= 11 is 0. The molecule has 0 aromatic heterocycles. The van der Waals surface area contributed by atoms with Crippen LogP contribution in [0, 0.1) is 5.41 Å². The summed E-state index contributed by atoms with van der Waals surface area (Å²) in [4.78, 5) is 0. The van der Waals surface area contributed by atoms with Crippen LogP contribution < -0.4 is 0 Å². The lowest BCUT2D eigenvalue weighted by Gasteiger charge is -2.25. The van der Waals surface area contributed by atoms with Crippen LogP contribution in [0.15, 0.2) is 0 Å². The second-order valence-corrected chi connectivity index (χ2v) is 3.67. The van der Waals surface area contributed by atoms with Crippen molar-refractivity contribution < 1.29 is 23.4 Å². The van der Waals surface area contributed by atoms with Crippen LogP contribution in [0.25, 0.3) is 0 Å². The third-order valence-electron chi connectivity index (χ3n) is 2.13. The Kier molecular flexibility index (Phi) is 1.96. The van der Waals surface area contributed by atoms with Gasteiger partial charge in [0.25, 0.3) is 0 Å². The molecule has 0 bridgehead atoms. The molecule has 12 heavy (non-hydrogen) atoms. The first kappa shape index (κ1) is 9.86. The van der Waals surface area contributed by atoms with Crippen molar-refractivity contribution in [3.8, 4) is 0 Å². The third-order valence-corrected chi connectivity index (χ3v) is 2.13. The van der Waals surface area contributed by atoms with Crippen LogP contribution in [0.2, 0.25) is 0 Å². The van der Waals surface area contributed by atoms with E-state index in [0.717, 1.165) is 7.85 Å². The van der Waals surface area contributed by atoms with Crippen molar-refractivity contribution in [3.05, 3.63) is 0 Å². The van der Waals surface area contributed by atoms with Gasteiger partial charge in [-0.3, -0.25) is 0 Å². The fraction of sp³-hybridized carbons (Fsp3) is 1.00. The summed E-state index contributed by atoms with van der Waals surface area (Å²) in [6.07, 6.45) is -4.91. The van der Waals surface area contributed by atoms with Crippen molar-refractivity contribution in [1.29, 1.82) is 0 Å². The van der Waals surface area contributed by atoms with Crippen LogP contribution in [0.5, 0.6) is 0 Å². The van der Waals surface area contributed by atoms with Gasteiger partial charge in [-0.05, 0) is 12.8 Å². The van der Waals surface area contributed by atoms with Gasteiger partial charge in [0.2, 0.25) is 0 Å². The molecule has 0 unspecified atom stereocenters. The molecule has 0 aliphatic heterocycles. The highest BCUT2D eigenvalue weighted by Gasteiger charge is 2.64. The second-order valence-electron chi connectivity index (χ2n) is 3.67. The Morgan fingerprint density at radius 3 is 1.75 bits per heavy atom. The van der Waals surface area contributed by atoms with Gasteiger partial charge in [0.05, 0.1) is 5.41 Å².